The van der Waals surface area contributed by atoms with Crippen molar-refractivity contribution in [3.63, 3.8) is 0 Å². The Morgan fingerprint density at radius 3 is 2.90 bits per heavy atom. The first-order valence-electron chi connectivity index (χ1n) is 6.04. The first kappa shape index (κ1) is 13.6. The molecule has 2 heterocycles. The van der Waals surface area contributed by atoms with Crippen molar-refractivity contribution >= 4 is 5.91 Å². The van der Waals surface area contributed by atoms with Gasteiger partial charge in [0.25, 0.3) is 5.91 Å². The zero-order chi connectivity index (χ0) is 14.0. The molecule has 100 valence electrons. The van der Waals surface area contributed by atoms with Crippen molar-refractivity contribution < 1.29 is 9.53 Å². The van der Waals surface area contributed by atoms with E-state index in [0.717, 1.165) is 0 Å². The molecule has 0 aliphatic heterocycles. The second-order valence-electron chi connectivity index (χ2n) is 3.73. The Morgan fingerprint density at radius 2 is 2.15 bits per heavy atom. The maximum absolute atomic E-state index is 11.6. The van der Waals surface area contributed by atoms with Crippen molar-refractivity contribution in [1.29, 1.82) is 0 Å². The van der Waals surface area contributed by atoms with Crippen LogP contribution < -0.4 is 10.1 Å². The van der Waals surface area contributed by atoms with Crippen molar-refractivity contribution in [1.82, 2.24) is 15.3 Å². The summed E-state index contributed by atoms with van der Waals surface area (Å²) < 4.78 is 5.34. The highest BCUT2D eigenvalue weighted by atomic mass is 16.5. The molecule has 0 unspecified atom stereocenters. The molecular weight excluding hydrogens is 254 g/mol. The number of rotatable bonds is 4. The number of carbonyl (C=O) groups is 1. The summed E-state index contributed by atoms with van der Waals surface area (Å²) in [5, 5.41) is 2.65. The van der Waals surface area contributed by atoms with Crippen LogP contribution in [-0.4, -0.2) is 29.0 Å². The highest BCUT2D eigenvalue weighted by Gasteiger charge is 2.02. The largest absolute Gasteiger partial charge is 0.479 e. The first-order chi connectivity index (χ1) is 9.86. The van der Waals surface area contributed by atoms with Crippen LogP contribution in [0, 0.1) is 11.8 Å². The summed E-state index contributed by atoms with van der Waals surface area (Å²) >= 11 is 0. The maximum atomic E-state index is 11.6. The van der Waals surface area contributed by atoms with E-state index in [1.165, 1.54) is 0 Å². The van der Waals surface area contributed by atoms with E-state index in [0.29, 0.717) is 11.4 Å². The fourth-order valence-corrected chi connectivity index (χ4v) is 1.38. The smallest absolute Gasteiger partial charge is 0.270 e. The van der Waals surface area contributed by atoms with Crippen molar-refractivity contribution in [2.45, 2.75) is 0 Å². The van der Waals surface area contributed by atoms with E-state index in [9.17, 15) is 4.79 Å². The van der Waals surface area contributed by atoms with Gasteiger partial charge < -0.3 is 10.1 Å². The van der Waals surface area contributed by atoms with Gasteiger partial charge in [-0.15, -0.1) is 0 Å². The van der Waals surface area contributed by atoms with Gasteiger partial charge in [0, 0.05) is 12.4 Å². The lowest BCUT2D eigenvalue weighted by Crippen LogP contribution is -2.24. The van der Waals surface area contributed by atoms with Gasteiger partial charge in [-0.1, -0.05) is 17.9 Å². The van der Waals surface area contributed by atoms with Gasteiger partial charge in [-0.05, 0) is 24.3 Å². The average molecular weight is 267 g/mol. The van der Waals surface area contributed by atoms with Gasteiger partial charge >= 0.3 is 0 Å². The Balaban J connectivity index is 1.69. The van der Waals surface area contributed by atoms with Crippen LogP contribution in [0.15, 0.2) is 48.9 Å². The molecule has 0 radical (unpaired) electrons. The summed E-state index contributed by atoms with van der Waals surface area (Å²) in [6.45, 7) is 0.511. The number of hydrogen-bond donors (Lipinski definition) is 1. The molecule has 0 bridgehead atoms. The standard InChI is InChI=1S/C15H13N3O2/c19-15(14-7-1-2-9-17-14)18-10-3-4-11-20-13-6-5-8-16-12-13/h1-2,5-9,12H,10-11H2,(H,18,19). The molecule has 1 N–H and O–H groups in total. The topological polar surface area (TPSA) is 64.1 Å². The Bertz CT molecular complexity index is 603. The molecule has 0 atom stereocenters. The van der Waals surface area contributed by atoms with E-state index in [1.54, 1.807) is 48.9 Å². The summed E-state index contributed by atoms with van der Waals surface area (Å²) in [4.78, 5) is 19.5. The van der Waals surface area contributed by atoms with Crippen LogP contribution in [0.1, 0.15) is 10.5 Å². The summed E-state index contributed by atoms with van der Waals surface area (Å²) in [5.74, 6) is 6.03. The van der Waals surface area contributed by atoms with Crippen LogP contribution in [0.2, 0.25) is 0 Å². The number of aromatic nitrogens is 2. The van der Waals surface area contributed by atoms with Crippen LogP contribution in [-0.2, 0) is 0 Å². The third-order valence-electron chi connectivity index (χ3n) is 2.31. The van der Waals surface area contributed by atoms with E-state index in [2.05, 4.69) is 27.1 Å². The van der Waals surface area contributed by atoms with Crippen LogP contribution >= 0.6 is 0 Å². The van der Waals surface area contributed by atoms with Gasteiger partial charge in [-0.25, -0.2) is 0 Å². The fraction of sp³-hybridized carbons (Fsp3) is 0.133. The molecule has 0 saturated heterocycles. The molecule has 5 heteroatoms. The quantitative estimate of drug-likeness (QED) is 0.848. The van der Waals surface area contributed by atoms with E-state index in [-0.39, 0.29) is 19.1 Å². The number of nitrogens with one attached hydrogen (secondary N) is 1. The third kappa shape index (κ3) is 4.42. The Hall–Kier alpha value is -2.87. The molecule has 0 aromatic carbocycles. The van der Waals surface area contributed by atoms with E-state index in [4.69, 9.17) is 4.74 Å². The minimum Gasteiger partial charge on any atom is -0.479 e. The summed E-state index contributed by atoms with van der Waals surface area (Å²) in [6.07, 6.45) is 4.86. The van der Waals surface area contributed by atoms with Gasteiger partial charge in [0.2, 0.25) is 0 Å². The Kier molecular flexibility index (Phi) is 5.11. The van der Waals surface area contributed by atoms with Crippen molar-refractivity contribution in [2.24, 2.45) is 0 Å². The predicted molar refractivity (Wildman–Crippen MR) is 74.1 cm³/mol. The summed E-state index contributed by atoms with van der Waals surface area (Å²) in [7, 11) is 0. The number of nitrogens with zero attached hydrogens (tertiary/aromatic N) is 2. The maximum Gasteiger partial charge on any atom is 0.270 e. The summed E-state index contributed by atoms with van der Waals surface area (Å²) in [6, 6.07) is 8.75. The Morgan fingerprint density at radius 1 is 1.20 bits per heavy atom. The van der Waals surface area contributed by atoms with Gasteiger partial charge in [0.1, 0.15) is 18.1 Å². The van der Waals surface area contributed by atoms with Crippen molar-refractivity contribution in [2.75, 3.05) is 13.2 Å². The average Bonchev–Trinajstić information content (AvgIpc) is 2.52. The molecule has 0 aliphatic carbocycles. The second-order valence-corrected chi connectivity index (χ2v) is 3.73. The second kappa shape index (κ2) is 7.54. The van der Waals surface area contributed by atoms with E-state index >= 15 is 0 Å². The van der Waals surface area contributed by atoms with Gasteiger partial charge in [-0.2, -0.15) is 0 Å². The molecule has 0 saturated carbocycles. The number of ether oxygens (including phenoxy) is 1. The van der Waals surface area contributed by atoms with Crippen molar-refractivity contribution in [3.8, 4) is 17.6 Å². The van der Waals surface area contributed by atoms with E-state index < -0.39 is 0 Å². The minimum absolute atomic E-state index is 0.243. The molecule has 0 spiro atoms. The number of carbonyl (C=O) groups excluding carboxylic acids is 1. The fourth-order valence-electron chi connectivity index (χ4n) is 1.38. The molecule has 2 rings (SSSR count). The molecule has 1 amide bonds. The number of pyridine rings is 2. The van der Waals surface area contributed by atoms with Gasteiger partial charge in [0.05, 0.1) is 12.7 Å². The van der Waals surface area contributed by atoms with E-state index in [1.807, 2.05) is 0 Å². The van der Waals surface area contributed by atoms with Gasteiger partial charge in [-0.3, -0.25) is 14.8 Å². The zero-order valence-corrected chi connectivity index (χ0v) is 10.7. The molecule has 2 aromatic rings. The number of amides is 1. The lowest BCUT2D eigenvalue weighted by Gasteiger charge is -2.00. The highest BCUT2D eigenvalue weighted by Crippen LogP contribution is 2.04. The molecule has 5 nitrogen and oxygen atoms in total. The van der Waals surface area contributed by atoms with Crippen LogP contribution in [0.4, 0.5) is 0 Å². The molecular formula is C15H13N3O2. The van der Waals surface area contributed by atoms with Crippen LogP contribution in [0.3, 0.4) is 0 Å². The SMILES string of the molecule is O=C(NCC#CCOc1cccnc1)c1ccccn1. The minimum atomic E-state index is -0.243. The monoisotopic (exact) mass is 267 g/mol. The molecule has 20 heavy (non-hydrogen) atoms. The lowest BCUT2D eigenvalue weighted by molar-refractivity contribution is 0.0953. The summed E-state index contributed by atoms with van der Waals surface area (Å²) in [5.41, 5.74) is 0.376. The Labute approximate surface area is 117 Å². The first-order valence-corrected chi connectivity index (χ1v) is 6.04. The third-order valence-corrected chi connectivity index (χ3v) is 2.31. The van der Waals surface area contributed by atoms with Crippen LogP contribution in [0.5, 0.6) is 5.75 Å². The zero-order valence-electron chi connectivity index (χ0n) is 10.7. The number of hydrogen-bond acceptors (Lipinski definition) is 4. The van der Waals surface area contributed by atoms with Gasteiger partial charge in [0.15, 0.2) is 0 Å². The van der Waals surface area contributed by atoms with Crippen molar-refractivity contribution in [3.05, 3.63) is 54.6 Å². The normalized spacial score (nSPS) is 9.20. The lowest BCUT2D eigenvalue weighted by atomic mass is 10.3. The molecule has 0 aliphatic rings. The molecule has 0 fully saturated rings. The predicted octanol–water partition coefficient (Wildman–Crippen LogP) is 1.29. The molecule has 2 aromatic heterocycles. The highest BCUT2D eigenvalue weighted by molar-refractivity contribution is 5.92. The van der Waals surface area contributed by atoms with Crippen LogP contribution in [0.25, 0.3) is 0 Å².